The Hall–Kier alpha value is -3.10. The fourth-order valence-electron chi connectivity index (χ4n) is 3.59. The lowest BCUT2D eigenvalue weighted by molar-refractivity contribution is -0.139. The third-order valence-corrected chi connectivity index (χ3v) is 5.67. The standard InChI is InChI=1S/C23H17BrClNO6/c1-2-30-22(28)19-17(12-7-9-13(24)10-8-12)18-20(32-21(19)26-16(27)11-25)14-5-3-4-6-15(14)31-23(18)29/h3-10,17H,2,11H2,1H3,(H,26,27). The van der Waals surface area contributed by atoms with Gasteiger partial charge in [0.15, 0.2) is 5.75 Å². The molecule has 0 saturated carbocycles. The van der Waals surface area contributed by atoms with Gasteiger partial charge in [-0.05, 0) is 36.8 Å². The van der Waals surface area contributed by atoms with Gasteiger partial charge in [0.1, 0.15) is 17.0 Å². The summed E-state index contributed by atoms with van der Waals surface area (Å²) in [5, 5.41) is 3.06. The molecule has 2 heterocycles. The van der Waals surface area contributed by atoms with Crippen molar-refractivity contribution in [2.45, 2.75) is 12.8 Å². The summed E-state index contributed by atoms with van der Waals surface area (Å²) in [6.45, 7) is 1.74. The van der Waals surface area contributed by atoms with Crippen LogP contribution >= 0.6 is 27.5 Å². The van der Waals surface area contributed by atoms with Gasteiger partial charge in [0.25, 0.3) is 0 Å². The van der Waals surface area contributed by atoms with Crippen molar-refractivity contribution in [3.05, 3.63) is 86.0 Å². The Labute approximate surface area is 196 Å². The van der Waals surface area contributed by atoms with Crippen LogP contribution in [0.25, 0.3) is 11.0 Å². The van der Waals surface area contributed by atoms with Crippen LogP contribution in [-0.2, 0) is 14.3 Å². The van der Waals surface area contributed by atoms with Crippen molar-refractivity contribution >= 4 is 50.4 Å². The lowest BCUT2D eigenvalue weighted by atomic mass is 9.83. The van der Waals surface area contributed by atoms with E-state index in [1.165, 1.54) is 0 Å². The van der Waals surface area contributed by atoms with Crippen molar-refractivity contribution in [2.24, 2.45) is 0 Å². The second-order valence-corrected chi connectivity index (χ2v) is 8.04. The summed E-state index contributed by atoms with van der Waals surface area (Å²) in [7, 11) is 0. The molecule has 0 saturated heterocycles. The number of fused-ring (bicyclic) bond motifs is 3. The van der Waals surface area contributed by atoms with Crippen molar-refractivity contribution < 1.29 is 23.5 Å². The smallest absolute Gasteiger partial charge is 0.344 e. The number of hydrogen-bond acceptors (Lipinski definition) is 6. The van der Waals surface area contributed by atoms with E-state index in [0.717, 1.165) is 4.47 Å². The average Bonchev–Trinajstić information content (AvgIpc) is 2.79. The van der Waals surface area contributed by atoms with Gasteiger partial charge in [-0.15, -0.1) is 11.6 Å². The molecule has 1 aliphatic rings. The first-order chi connectivity index (χ1) is 15.4. The second-order valence-electron chi connectivity index (χ2n) is 6.86. The molecule has 0 fully saturated rings. The summed E-state index contributed by atoms with van der Waals surface area (Å²) in [6, 6.07) is 13.9. The zero-order chi connectivity index (χ0) is 22.8. The molecule has 1 N–H and O–H groups in total. The average molecular weight is 519 g/mol. The topological polar surface area (TPSA) is 94.8 Å². The molecule has 1 unspecified atom stereocenters. The Morgan fingerprint density at radius 1 is 1.16 bits per heavy atom. The number of rotatable bonds is 5. The Morgan fingerprint density at radius 3 is 2.56 bits per heavy atom. The number of amides is 1. The molecule has 2 aromatic carbocycles. The Morgan fingerprint density at radius 2 is 1.88 bits per heavy atom. The molecule has 0 radical (unpaired) electrons. The van der Waals surface area contributed by atoms with Gasteiger partial charge < -0.3 is 13.9 Å². The van der Waals surface area contributed by atoms with Crippen LogP contribution in [0.4, 0.5) is 0 Å². The molecule has 0 bridgehead atoms. The zero-order valence-electron chi connectivity index (χ0n) is 16.8. The van der Waals surface area contributed by atoms with Gasteiger partial charge >= 0.3 is 11.6 Å². The third-order valence-electron chi connectivity index (χ3n) is 4.90. The highest BCUT2D eigenvalue weighted by Gasteiger charge is 2.40. The molecule has 4 rings (SSSR count). The maximum absolute atomic E-state index is 13.1. The summed E-state index contributed by atoms with van der Waals surface area (Å²) >= 11 is 9.07. The number of nitrogens with one attached hydrogen (secondary N) is 1. The molecule has 0 aliphatic carbocycles. The third kappa shape index (κ3) is 4.03. The number of esters is 1. The highest BCUT2D eigenvalue weighted by Crippen LogP contribution is 2.44. The van der Waals surface area contributed by atoms with E-state index >= 15 is 0 Å². The van der Waals surface area contributed by atoms with Crippen molar-refractivity contribution in [2.75, 3.05) is 12.5 Å². The van der Waals surface area contributed by atoms with Gasteiger partial charge in [0.2, 0.25) is 11.8 Å². The maximum Gasteiger partial charge on any atom is 0.344 e. The van der Waals surface area contributed by atoms with Crippen LogP contribution in [-0.4, -0.2) is 24.4 Å². The number of halogens is 2. The summed E-state index contributed by atoms with van der Waals surface area (Å²) in [6.07, 6.45) is 0. The number of alkyl halides is 1. The Kier molecular flexibility index (Phi) is 6.34. The number of carbonyl (C=O) groups is 2. The van der Waals surface area contributed by atoms with Crippen LogP contribution in [0.1, 0.15) is 24.0 Å². The molecule has 1 atom stereocenters. The Balaban J connectivity index is 2.05. The second kappa shape index (κ2) is 9.18. The van der Waals surface area contributed by atoms with Gasteiger partial charge in [0, 0.05) is 4.47 Å². The molecular formula is C23H17BrClNO6. The molecule has 0 spiro atoms. The van der Waals surface area contributed by atoms with E-state index in [9.17, 15) is 14.4 Å². The maximum atomic E-state index is 13.1. The van der Waals surface area contributed by atoms with Crippen LogP contribution in [0, 0.1) is 0 Å². The number of ether oxygens (including phenoxy) is 2. The minimum Gasteiger partial charge on any atom is -0.462 e. The number of carbonyl (C=O) groups excluding carboxylic acids is 2. The summed E-state index contributed by atoms with van der Waals surface area (Å²) in [5.41, 5.74) is 0.381. The quantitative estimate of drug-likeness (QED) is 0.309. The zero-order valence-corrected chi connectivity index (χ0v) is 19.2. The summed E-state index contributed by atoms with van der Waals surface area (Å²) in [4.78, 5) is 38.3. The molecular weight excluding hydrogens is 502 g/mol. The predicted molar refractivity (Wildman–Crippen MR) is 122 cm³/mol. The van der Waals surface area contributed by atoms with Crippen molar-refractivity contribution in [1.82, 2.24) is 5.32 Å². The van der Waals surface area contributed by atoms with Crippen molar-refractivity contribution in [3.63, 3.8) is 0 Å². The van der Waals surface area contributed by atoms with Crippen LogP contribution in [0.15, 0.2) is 73.7 Å². The van der Waals surface area contributed by atoms with E-state index in [1.807, 2.05) is 0 Å². The lowest BCUT2D eigenvalue weighted by Crippen LogP contribution is -2.36. The minimum absolute atomic E-state index is 0.0253. The van der Waals surface area contributed by atoms with E-state index in [0.29, 0.717) is 16.5 Å². The van der Waals surface area contributed by atoms with Crippen molar-refractivity contribution in [3.8, 4) is 5.75 Å². The van der Waals surface area contributed by atoms with E-state index in [1.54, 1.807) is 55.5 Å². The van der Waals surface area contributed by atoms with Gasteiger partial charge in [-0.3, -0.25) is 10.1 Å². The highest BCUT2D eigenvalue weighted by molar-refractivity contribution is 9.10. The fraction of sp³-hybridized carbons (Fsp3) is 0.174. The predicted octanol–water partition coefficient (Wildman–Crippen LogP) is 4.21. The summed E-state index contributed by atoms with van der Waals surface area (Å²) in [5.74, 6) is -2.50. The van der Waals surface area contributed by atoms with E-state index in [2.05, 4.69) is 21.2 Å². The number of benzene rings is 2. The molecule has 164 valence electrons. The van der Waals surface area contributed by atoms with Gasteiger partial charge in [-0.2, -0.15) is 0 Å². The van der Waals surface area contributed by atoms with Gasteiger partial charge in [-0.1, -0.05) is 40.2 Å². The van der Waals surface area contributed by atoms with E-state index in [-0.39, 0.29) is 35.3 Å². The molecule has 32 heavy (non-hydrogen) atoms. The van der Waals surface area contributed by atoms with Crippen molar-refractivity contribution in [1.29, 1.82) is 0 Å². The van der Waals surface area contributed by atoms with Gasteiger partial charge in [-0.25, -0.2) is 9.59 Å². The molecule has 9 heteroatoms. The van der Waals surface area contributed by atoms with Gasteiger partial charge in [0.05, 0.1) is 23.5 Å². The lowest BCUT2D eigenvalue weighted by Gasteiger charge is -2.29. The first-order valence-corrected chi connectivity index (χ1v) is 11.0. The first-order valence-electron chi connectivity index (χ1n) is 9.70. The minimum atomic E-state index is -0.905. The van der Waals surface area contributed by atoms with Crippen LogP contribution in [0.2, 0.25) is 0 Å². The first kappa shape index (κ1) is 22.1. The highest BCUT2D eigenvalue weighted by atomic mass is 79.9. The molecule has 3 aromatic rings. The molecule has 7 nitrogen and oxygen atoms in total. The number of hydrogen-bond donors (Lipinski definition) is 1. The fourth-order valence-corrected chi connectivity index (χ4v) is 3.92. The van der Waals surface area contributed by atoms with E-state index in [4.69, 9.17) is 25.5 Å². The Bertz CT molecular complexity index is 1300. The summed E-state index contributed by atoms with van der Waals surface area (Å²) < 4.78 is 17.6. The van der Waals surface area contributed by atoms with E-state index < -0.39 is 23.4 Å². The molecule has 1 aliphatic heterocycles. The molecule has 1 amide bonds. The SMILES string of the molecule is CCOC(=O)C1=C(NC(=O)CCl)Oc2c(c(=O)oc3ccccc23)C1c1ccc(Br)cc1. The van der Waals surface area contributed by atoms with Crippen LogP contribution in [0.3, 0.4) is 0 Å². The van der Waals surface area contributed by atoms with Crippen LogP contribution < -0.4 is 15.7 Å². The largest absolute Gasteiger partial charge is 0.462 e. The van der Waals surface area contributed by atoms with Crippen LogP contribution in [0.5, 0.6) is 5.75 Å². The monoisotopic (exact) mass is 517 g/mol. The molecule has 1 aromatic heterocycles. The number of para-hydroxylation sites is 1. The normalized spacial score (nSPS) is 15.2.